The molecule has 0 saturated carbocycles. The third-order valence-corrected chi connectivity index (χ3v) is 9.91. The molecule has 5 aromatic carbocycles. The van der Waals surface area contributed by atoms with E-state index in [0.29, 0.717) is 32.2 Å². The summed E-state index contributed by atoms with van der Waals surface area (Å²) in [5, 5.41) is 13.1. The molecule has 5 aromatic rings. The van der Waals surface area contributed by atoms with Gasteiger partial charge in [-0.15, -0.1) is 0 Å². The van der Waals surface area contributed by atoms with Gasteiger partial charge in [-0.25, -0.2) is 0 Å². The fourth-order valence-electron chi connectivity index (χ4n) is 7.31. The number of hydrogen-bond acceptors (Lipinski definition) is 5. The molecule has 6 rings (SSSR count). The Hall–Kier alpha value is -4.10. The Balaban J connectivity index is 1.42. The number of piperidine rings is 1. The van der Waals surface area contributed by atoms with Gasteiger partial charge in [0.05, 0.1) is 19.8 Å². The summed E-state index contributed by atoms with van der Waals surface area (Å²) in [6.07, 6.45) is -0.0733. The van der Waals surface area contributed by atoms with E-state index in [1.54, 1.807) is 7.11 Å². The topological polar surface area (TPSA) is 51.2 Å². The van der Waals surface area contributed by atoms with Crippen LogP contribution in [0.3, 0.4) is 0 Å². The second-order valence-electron chi connectivity index (χ2n) is 13.5. The van der Waals surface area contributed by atoms with Gasteiger partial charge in [0, 0.05) is 32.2 Å². The lowest BCUT2D eigenvalue weighted by molar-refractivity contribution is -0.207. The van der Waals surface area contributed by atoms with Crippen molar-refractivity contribution >= 4 is 0 Å². The van der Waals surface area contributed by atoms with Crippen molar-refractivity contribution < 1.29 is 19.3 Å². The number of likely N-dealkylation sites (tertiary alicyclic amines) is 1. The van der Waals surface area contributed by atoms with E-state index in [1.807, 2.05) is 18.2 Å². The second kappa shape index (κ2) is 16.1. The molecule has 0 amide bonds. The third kappa shape index (κ3) is 7.72. The fraction of sp³-hybridized carbons (Fsp3) is 0.318. The zero-order valence-electron chi connectivity index (χ0n) is 29.0. The smallest absolute Gasteiger partial charge is 0.144 e. The Kier molecular flexibility index (Phi) is 11.4. The normalized spacial score (nSPS) is 20.6. The zero-order chi connectivity index (χ0) is 34.1. The molecule has 1 saturated heterocycles. The minimum Gasteiger partial charge on any atom is -0.384 e. The standard InChI is InChI=1S/C44H49NO4/c1-34(31-47-3)32-48-33-37-24-26-38(27-25-37)43(46)28-29-45(30-36-16-8-4-9-17-36)35(2)42(43)49-44(39-18-10-5-11-19-39,40-20-12-6-13-21-40)41-22-14-7-15-23-41/h4-27,34-35,42,46H,28-33H2,1-3H3/t34-,35?,42?,43?/m0/s1. The van der Waals surface area contributed by atoms with Crippen molar-refractivity contribution in [1.29, 1.82) is 0 Å². The van der Waals surface area contributed by atoms with Gasteiger partial charge < -0.3 is 19.3 Å². The van der Waals surface area contributed by atoms with E-state index in [-0.39, 0.29) is 6.04 Å². The molecule has 0 bridgehead atoms. The lowest BCUT2D eigenvalue weighted by atomic mass is 9.75. The van der Waals surface area contributed by atoms with Gasteiger partial charge in [-0.2, -0.15) is 0 Å². The lowest BCUT2D eigenvalue weighted by Crippen LogP contribution is -2.61. The molecule has 254 valence electrons. The number of rotatable bonds is 14. The van der Waals surface area contributed by atoms with Gasteiger partial charge in [0.1, 0.15) is 17.3 Å². The van der Waals surface area contributed by atoms with E-state index in [1.165, 1.54) is 5.56 Å². The summed E-state index contributed by atoms with van der Waals surface area (Å²) in [6.45, 7) is 7.62. The van der Waals surface area contributed by atoms with Gasteiger partial charge in [0.2, 0.25) is 0 Å². The van der Waals surface area contributed by atoms with Crippen LogP contribution in [0, 0.1) is 5.92 Å². The zero-order valence-corrected chi connectivity index (χ0v) is 29.0. The van der Waals surface area contributed by atoms with Gasteiger partial charge in [0.15, 0.2) is 0 Å². The molecule has 4 atom stereocenters. The molecule has 0 aliphatic carbocycles. The van der Waals surface area contributed by atoms with Crippen LogP contribution in [0.4, 0.5) is 0 Å². The Morgan fingerprint density at radius 1 is 0.714 bits per heavy atom. The quantitative estimate of drug-likeness (QED) is 0.122. The van der Waals surface area contributed by atoms with Crippen LogP contribution in [0.25, 0.3) is 0 Å². The van der Waals surface area contributed by atoms with Crippen LogP contribution in [0.1, 0.15) is 53.6 Å². The van der Waals surface area contributed by atoms with E-state index >= 15 is 0 Å². The van der Waals surface area contributed by atoms with Crippen LogP contribution in [0.2, 0.25) is 0 Å². The molecule has 1 fully saturated rings. The Morgan fingerprint density at radius 2 is 1.22 bits per heavy atom. The molecule has 1 N–H and O–H groups in total. The molecule has 0 radical (unpaired) electrons. The maximum atomic E-state index is 13.1. The Morgan fingerprint density at radius 3 is 1.73 bits per heavy atom. The molecule has 49 heavy (non-hydrogen) atoms. The lowest BCUT2D eigenvalue weighted by Gasteiger charge is -2.52. The largest absolute Gasteiger partial charge is 0.384 e. The third-order valence-electron chi connectivity index (χ3n) is 9.91. The first-order valence-electron chi connectivity index (χ1n) is 17.4. The summed E-state index contributed by atoms with van der Waals surface area (Å²) in [4.78, 5) is 2.45. The maximum Gasteiger partial charge on any atom is 0.144 e. The van der Waals surface area contributed by atoms with Crippen molar-refractivity contribution in [3.63, 3.8) is 0 Å². The van der Waals surface area contributed by atoms with Crippen LogP contribution in [0.5, 0.6) is 0 Å². The number of benzene rings is 5. The van der Waals surface area contributed by atoms with Crippen LogP contribution in [0.15, 0.2) is 146 Å². The van der Waals surface area contributed by atoms with Crippen molar-refractivity contribution in [2.24, 2.45) is 5.92 Å². The highest BCUT2D eigenvalue weighted by molar-refractivity contribution is 5.48. The van der Waals surface area contributed by atoms with Crippen LogP contribution in [-0.4, -0.2) is 49.0 Å². The van der Waals surface area contributed by atoms with E-state index in [4.69, 9.17) is 14.2 Å². The molecule has 5 nitrogen and oxygen atoms in total. The average molecular weight is 656 g/mol. The Labute approximate surface area is 292 Å². The molecule has 1 heterocycles. The SMILES string of the molecule is COC[C@H](C)COCc1ccc(C2(O)CCN(Cc3ccccc3)C(C)C2OC(c2ccccc2)(c2ccccc2)c2ccccc2)cc1. The fourth-order valence-corrected chi connectivity index (χ4v) is 7.31. The number of aliphatic hydroxyl groups is 1. The number of methoxy groups -OCH3 is 1. The van der Waals surface area contributed by atoms with Gasteiger partial charge >= 0.3 is 0 Å². The summed E-state index contributed by atoms with van der Waals surface area (Å²) in [7, 11) is 1.72. The highest BCUT2D eigenvalue weighted by Crippen LogP contribution is 2.47. The molecule has 1 aliphatic heterocycles. The van der Waals surface area contributed by atoms with Gasteiger partial charge in [-0.1, -0.05) is 153 Å². The van der Waals surface area contributed by atoms with Crippen molar-refractivity contribution in [2.75, 3.05) is 26.9 Å². The highest BCUT2D eigenvalue weighted by Gasteiger charge is 2.52. The van der Waals surface area contributed by atoms with Gasteiger partial charge in [-0.05, 0) is 46.7 Å². The number of ether oxygens (including phenoxy) is 3. The van der Waals surface area contributed by atoms with Crippen molar-refractivity contribution in [3.05, 3.63) is 179 Å². The molecule has 0 spiro atoms. The van der Waals surface area contributed by atoms with Crippen molar-refractivity contribution in [3.8, 4) is 0 Å². The van der Waals surface area contributed by atoms with Crippen LogP contribution in [-0.2, 0) is 38.6 Å². The van der Waals surface area contributed by atoms with Crippen LogP contribution < -0.4 is 0 Å². The molecule has 1 aliphatic rings. The van der Waals surface area contributed by atoms with Gasteiger partial charge in [-0.3, -0.25) is 4.90 Å². The number of hydrogen-bond donors (Lipinski definition) is 1. The van der Waals surface area contributed by atoms with Gasteiger partial charge in [0.25, 0.3) is 0 Å². The summed E-state index contributed by atoms with van der Waals surface area (Å²) in [5.74, 6) is 0.324. The van der Waals surface area contributed by atoms with E-state index in [2.05, 4.69) is 146 Å². The first-order chi connectivity index (χ1) is 23.9. The average Bonchev–Trinajstić information content (AvgIpc) is 3.15. The summed E-state index contributed by atoms with van der Waals surface area (Å²) >= 11 is 0. The molecule has 0 aromatic heterocycles. The first kappa shape index (κ1) is 34.8. The van der Waals surface area contributed by atoms with E-state index < -0.39 is 17.3 Å². The summed E-state index contributed by atoms with van der Waals surface area (Å²) < 4.78 is 19.0. The maximum absolute atomic E-state index is 13.1. The monoisotopic (exact) mass is 655 g/mol. The molecule has 5 heteroatoms. The second-order valence-corrected chi connectivity index (χ2v) is 13.5. The first-order valence-corrected chi connectivity index (χ1v) is 17.4. The Bertz CT molecular complexity index is 1600. The minimum absolute atomic E-state index is 0.125. The predicted octanol–water partition coefficient (Wildman–Crippen LogP) is 8.35. The molecular weight excluding hydrogens is 606 g/mol. The van der Waals surface area contributed by atoms with E-state index in [0.717, 1.165) is 40.9 Å². The summed E-state index contributed by atoms with van der Waals surface area (Å²) in [5.41, 5.74) is 3.94. The van der Waals surface area contributed by atoms with E-state index in [9.17, 15) is 5.11 Å². The minimum atomic E-state index is -1.26. The summed E-state index contributed by atoms with van der Waals surface area (Å²) in [6, 6.07) is 50.0. The predicted molar refractivity (Wildman–Crippen MR) is 196 cm³/mol. The number of nitrogens with zero attached hydrogens (tertiary/aromatic N) is 1. The molecular formula is C44H49NO4. The van der Waals surface area contributed by atoms with Crippen LogP contribution >= 0.6 is 0 Å². The van der Waals surface area contributed by atoms with Crippen molar-refractivity contribution in [2.45, 2.75) is 56.8 Å². The molecule has 3 unspecified atom stereocenters. The van der Waals surface area contributed by atoms with Crippen molar-refractivity contribution in [1.82, 2.24) is 4.90 Å². The highest BCUT2D eigenvalue weighted by atomic mass is 16.5.